The second-order valence-electron chi connectivity index (χ2n) is 6.85. The lowest BCUT2D eigenvalue weighted by atomic mass is 9.97. The molecule has 0 bridgehead atoms. The maximum atomic E-state index is 13.5. The van der Waals surface area contributed by atoms with E-state index < -0.39 is 5.82 Å². The van der Waals surface area contributed by atoms with Crippen LogP contribution in [0.1, 0.15) is 35.7 Å². The molecule has 0 radical (unpaired) electrons. The van der Waals surface area contributed by atoms with Gasteiger partial charge < -0.3 is 10.2 Å². The van der Waals surface area contributed by atoms with Crippen LogP contribution in [0.2, 0.25) is 0 Å². The summed E-state index contributed by atoms with van der Waals surface area (Å²) in [5.41, 5.74) is 3.99. The van der Waals surface area contributed by atoms with Crippen molar-refractivity contribution < 1.29 is 14.0 Å². The number of aryl methyl sites for hydroxylation is 1. The third-order valence-corrected chi connectivity index (χ3v) is 5.64. The number of carbonyl (C=O) groups excluding carboxylic acids is 2. The first-order valence-corrected chi connectivity index (χ1v) is 10.4. The fourth-order valence-corrected chi connectivity index (χ4v) is 4.15. The van der Waals surface area contributed by atoms with Crippen LogP contribution in [0.25, 0.3) is 11.3 Å². The standard InChI is InChI=1S/C22H20FN3O2S/c1-2-20(27)25-22-24-18(13-29-22)14-8-9-19-15(11-14)6-4-10-26(19)21(28)16-5-3-7-17(23)12-16/h3,5,7-9,11-13H,2,4,6,10H2,1H3,(H,24,25,27). The predicted molar refractivity (Wildman–Crippen MR) is 113 cm³/mol. The lowest BCUT2D eigenvalue weighted by molar-refractivity contribution is -0.115. The van der Waals surface area contributed by atoms with Crippen molar-refractivity contribution in [1.29, 1.82) is 0 Å². The first-order valence-electron chi connectivity index (χ1n) is 9.51. The van der Waals surface area contributed by atoms with Crippen LogP contribution in [0.3, 0.4) is 0 Å². The molecule has 2 heterocycles. The Kier molecular flexibility index (Phi) is 5.40. The van der Waals surface area contributed by atoms with Gasteiger partial charge in [-0.2, -0.15) is 0 Å². The smallest absolute Gasteiger partial charge is 0.258 e. The molecule has 148 valence electrons. The van der Waals surface area contributed by atoms with Crippen molar-refractivity contribution >= 4 is 34.0 Å². The van der Waals surface area contributed by atoms with Gasteiger partial charge in [0.15, 0.2) is 5.13 Å². The van der Waals surface area contributed by atoms with Gasteiger partial charge in [0.05, 0.1) is 5.69 Å². The summed E-state index contributed by atoms with van der Waals surface area (Å²) >= 11 is 1.39. The molecule has 2 amide bonds. The van der Waals surface area contributed by atoms with Crippen LogP contribution in [-0.4, -0.2) is 23.3 Å². The van der Waals surface area contributed by atoms with Crippen LogP contribution in [0.5, 0.6) is 0 Å². The molecule has 1 aliphatic heterocycles. The molecule has 0 fully saturated rings. The lowest BCUT2D eigenvalue weighted by Gasteiger charge is -2.30. The molecule has 1 aromatic heterocycles. The monoisotopic (exact) mass is 409 g/mol. The topological polar surface area (TPSA) is 62.3 Å². The number of amides is 2. The molecule has 0 saturated carbocycles. The second-order valence-corrected chi connectivity index (χ2v) is 7.71. The number of aromatic nitrogens is 1. The van der Waals surface area contributed by atoms with Gasteiger partial charge in [0.25, 0.3) is 5.91 Å². The first kappa shape index (κ1) is 19.3. The SMILES string of the molecule is CCC(=O)Nc1nc(-c2ccc3c(c2)CCCN3C(=O)c2cccc(F)c2)cs1. The Morgan fingerprint density at radius 2 is 2.10 bits per heavy atom. The number of carbonyl (C=O) groups is 2. The highest BCUT2D eigenvalue weighted by Gasteiger charge is 2.24. The normalized spacial score (nSPS) is 13.1. The average Bonchev–Trinajstić information content (AvgIpc) is 3.20. The van der Waals surface area contributed by atoms with E-state index in [1.807, 2.05) is 23.6 Å². The Bertz CT molecular complexity index is 1080. The molecule has 4 rings (SSSR count). The van der Waals surface area contributed by atoms with Crippen LogP contribution in [0.4, 0.5) is 15.2 Å². The quantitative estimate of drug-likeness (QED) is 0.667. The number of nitrogens with zero attached hydrogens (tertiary/aromatic N) is 2. The zero-order chi connectivity index (χ0) is 20.4. The fourth-order valence-electron chi connectivity index (χ4n) is 3.42. The van der Waals surface area contributed by atoms with Crippen LogP contribution in [-0.2, 0) is 11.2 Å². The van der Waals surface area contributed by atoms with Crippen molar-refractivity contribution in [1.82, 2.24) is 4.98 Å². The van der Waals surface area contributed by atoms with E-state index in [1.54, 1.807) is 24.0 Å². The van der Waals surface area contributed by atoms with Gasteiger partial charge in [0.2, 0.25) is 5.91 Å². The van der Waals surface area contributed by atoms with Crippen molar-refractivity contribution in [2.24, 2.45) is 0 Å². The van der Waals surface area contributed by atoms with Gasteiger partial charge >= 0.3 is 0 Å². The summed E-state index contributed by atoms with van der Waals surface area (Å²) in [5.74, 6) is -0.683. The van der Waals surface area contributed by atoms with Crippen LogP contribution < -0.4 is 10.2 Å². The van der Waals surface area contributed by atoms with Crippen molar-refractivity contribution in [3.8, 4) is 11.3 Å². The van der Waals surface area contributed by atoms with Crippen molar-refractivity contribution in [3.63, 3.8) is 0 Å². The van der Waals surface area contributed by atoms with Gasteiger partial charge in [0.1, 0.15) is 5.82 Å². The number of nitrogens with one attached hydrogen (secondary N) is 1. The fraction of sp³-hybridized carbons (Fsp3) is 0.227. The maximum Gasteiger partial charge on any atom is 0.258 e. The van der Waals surface area contributed by atoms with Crippen LogP contribution in [0.15, 0.2) is 47.8 Å². The molecule has 1 N–H and O–H groups in total. The summed E-state index contributed by atoms with van der Waals surface area (Å²) in [4.78, 5) is 30.7. The van der Waals surface area contributed by atoms with Gasteiger partial charge in [0, 0.05) is 35.2 Å². The minimum Gasteiger partial charge on any atom is -0.308 e. The lowest BCUT2D eigenvalue weighted by Crippen LogP contribution is -2.35. The number of fused-ring (bicyclic) bond motifs is 1. The third kappa shape index (κ3) is 4.05. The van der Waals surface area contributed by atoms with E-state index in [4.69, 9.17) is 0 Å². The molecule has 0 aliphatic carbocycles. The zero-order valence-electron chi connectivity index (χ0n) is 15.9. The van der Waals surface area contributed by atoms with Crippen LogP contribution >= 0.6 is 11.3 Å². The van der Waals surface area contributed by atoms with E-state index in [0.717, 1.165) is 35.3 Å². The Morgan fingerprint density at radius 3 is 2.90 bits per heavy atom. The molecule has 29 heavy (non-hydrogen) atoms. The highest BCUT2D eigenvalue weighted by atomic mass is 32.1. The number of halogens is 1. The first-order chi connectivity index (χ1) is 14.0. The Balaban J connectivity index is 1.60. The van der Waals surface area contributed by atoms with Crippen molar-refractivity contribution in [2.45, 2.75) is 26.2 Å². The Hall–Kier alpha value is -3.06. The highest BCUT2D eigenvalue weighted by Crippen LogP contribution is 2.33. The molecule has 0 saturated heterocycles. The number of rotatable bonds is 4. The molecule has 5 nitrogen and oxygen atoms in total. The third-order valence-electron chi connectivity index (χ3n) is 4.88. The summed E-state index contributed by atoms with van der Waals surface area (Å²) in [6.07, 6.45) is 2.11. The van der Waals surface area contributed by atoms with Crippen molar-refractivity contribution in [3.05, 3.63) is 64.8 Å². The van der Waals surface area contributed by atoms with Crippen molar-refractivity contribution in [2.75, 3.05) is 16.8 Å². The van der Waals surface area contributed by atoms with E-state index in [0.29, 0.717) is 23.7 Å². The molecule has 2 aromatic carbocycles. The van der Waals surface area contributed by atoms with Gasteiger partial charge in [-0.3, -0.25) is 9.59 Å². The van der Waals surface area contributed by atoms with E-state index >= 15 is 0 Å². The molecular formula is C22H20FN3O2S. The predicted octanol–water partition coefficient (Wildman–Crippen LogP) is 4.89. The summed E-state index contributed by atoms with van der Waals surface area (Å²) in [5, 5.41) is 5.26. The van der Waals surface area contributed by atoms with Gasteiger partial charge in [-0.25, -0.2) is 9.37 Å². The second kappa shape index (κ2) is 8.13. The number of benzene rings is 2. The molecule has 0 unspecified atom stereocenters. The van der Waals surface area contributed by atoms with E-state index in [2.05, 4.69) is 10.3 Å². The number of hydrogen-bond donors (Lipinski definition) is 1. The number of thiazole rings is 1. The molecule has 3 aromatic rings. The molecule has 1 aliphatic rings. The minimum absolute atomic E-state index is 0.0668. The van der Waals surface area contributed by atoms with Crippen LogP contribution in [0, 0.1) is 5.82 Å². The maximum absolute atomic E-state index is 13.5. The summed E-state index contributed by atoms with van der Waals surface area (Å²) in [7, 11) is 0. The molecule has 7 heteroatoms. The average molecular weight is 409 g/mol. The number of anilines is 2. The number of hydrogen-bond acceptors (Lipinski definition) is 4. The highest BCUT2D eigenvalue weighted by molar-refractivity contribution is 7.14. The molecule has 0 atom stereocenters. The van der Waals surface area contributed by atoms with Gasteiger partial charge in [-0.05, 0) is 48.7 Å². The minimum atomic E-state index is -0.419. The Labute approximate surface area is 172 Å². The zero-order valence-corrected chi connectivity index (χ0v) is 16.8. The summed E-state index contributed by atoms with van der Waals surface area (Å²) in [6.45, 7) is 2.40. The molecule has 0 spiro atoms. The van der Waals surface area contributed by atoms with Gasteiger partial charge in [-0.1, -0.05) is 19.1 Å². The summed E-state index contributed by atoms with van der Waals surface area (Å²) in [6, 6.07) is 11.7. The largest absolute Gasteiger partial charge is 0.308 e. The molecular weight excluding hydrogens is 389 g/mol. The van der Waals surface area contributed by atoms with E-state index in [-0.39, 0.29) is 11.8 Å². The van der Waals surface area contributed by atoms with E-state index in [1.165, 1.54) is 23.5 Å². The Morgan fingerprint density at radius 1 is 1.24 bits per heavy atom. The summed E-state index contributed by atoms with van der Waals surface area (Å²) < 4.78 is 13.5. The van der Waals surface area contributed by atoms with Gasteiger partial charge in [-0.15, -0.1) is 11.3 Å². The van der Waals surface area contributed by atoms with E-state index in [9.17, 15) is 14.0 Å².